The molecule has 23 heavy (non-hydrogen) atoms. The number of hydrogen-bond acceptors (Lipinski definition) is 3. The average molecular weight is 308 g/mol. The number of aromatic nitrogens is 3. The van der Waals surface area contributed by atoms with Crippen LogP contribution in [0.15, 0.2) is 65.8 Å². The van der Waals surface area contributed by atoms with E-state index < -0.39 is 0 Å². The Hall–Kier alpha value is -3.15. The number of H-pyrrole nitrogens is 1. The minimum atomic E-state index is -0.303. The molecule has 0 atom stereocenters. The predicted octanol–water partition coefficient (Wildman–Crippen LogP) is 1.55. The lowest BCUT2D eigenvalue weighted by molar-refractivity contribution is 0.0941. The third kappa shape index (κ3) is 3.55. The highest BCUT2D eigenvalue weighted by Gasteiger charge is 2.14. The molecule has 0 radical (unpaired) electrons. The standard InChI is InChI=1S/C17H16N4O2/c22-16(19-10-13-6-8-18-9-7-13)15-11-20-17(23)21(15)12-14-4-2-1-3-5-14/h1-9,11H,10,12H2,(H,19,22)(H,20,23). The Morgan fingerprint density at radius 2 is 1.83 bits per heavy atom. The Labute approximate surface area is 132 Å². The minimum absolute atomic E-state index is 0.295. The predicted molar refractivity (Wildman–Crippen MR) is 86.0 cm³/mol. The number of nitrogens with zero attached hydrogens (tertiary/aromatic N) is 2. The molecule has 3 rings (SSSR count). The molecular formula is C17H16N4O2. The summed E-state index contributed by atoms with van der Waals surface area (Å²) >= 11 is 0. The van der Waals surface area contributed by atoms with Crippen LogP contribution in [0.5, 0.6) is 0 Å². The summed E-state index contributed by atoms with van der Waals surface area (Å²) < 4.78 is 1.43. The summed E-state index contributed by atoms with van der Waals surface area (Å²) in [5.74, 6) is -0.295. The quantitative estimate of drug-likeness (QED) is 0.750. The molecule has 1 amide bonds. The Morgan fingerprint density at radius 1 is 1.09 bits per heavy atom. The topological polar surface area (TPSA) is 79.8 Å². The van der Waals surface area contributed by atoms with Crippen molar-refractivity contribution in [3.05, 3.63) is 88.4 Å². The van der Waals surface area contributed by atoms with Crippen molar-refractivity contribution in [3.63, 3.8) is 0 Å². The van der Waals surface area contributed by atoms with Gasteiger partial charge in [-0.1, -0.05) is 30.3 Å². The van der Waals surface area contributed by atoms with Gasteiger partial charge in [0.25, 0.3) is 5.91 Å². The molecule has 0 aliphatic rings. The molecule has 0 saturated carbocycles. The lowest BCUT2D eigenvalue weighted by Gasteiger charge is -2.08. The molecule has 0 spiro atoms. The van der Waals surface area contributed by atoms with Gasteiger partial charge in [0, 0.05) is 25.1 Å². The molecule has 2 aromatic heterocycles. The van der Waals surface area contributed by atoms with Gasteiger partial charge in [0.1, 0.15) is 5.69 Å². The molecule has 0 fully saturated rings. The molecule has 0 aliphatic heterocycles. The van der Waals surface area contributed by atoms with Crippen LogP contribution in [0, 0.1) is 0 Å². The van der Waals surface area contributed by atoms with Crippen LogP contribution in [-0.4, -0.2) is 20.4 Å². The molecule has 0 saturated heterocycles. The van der Waals surface area contributed by atoms with Crippen LogP contribution in [0.1, 0.15) is 21.6 Å². The highest BCUT2D eigenvalue weighted by molar-refractivity contribution is 5.92. The van der Waals surface area contributed by atoms with Crippen molar-refractivity contribution in [1.29, 1.82) is 0 Å². The van der Waals surface area contributed by atoms with Crippen LogP contribution in [0.3, 0.4) is 0 Å². The van der Waals surface area contributed by atoms with Gasteiger partial charge in [0.2, 0.25) is 0 Å². The molecule has 116 valence electrons. The summed E-state index contributed by atoms with van der Waals surface area (Å²) in [7, 11) is 0. The number of pyridine rings is 1. The molecule has 1 aromatic carbocycles. The molecule has 2 heterocycles. The van der Waals surface area contributed by atoms with Crippen LogP contribution in [0.4, 0.5) is 0 Å². The highest BCUT2D eigenvalue weighted by Crippen LogP contribution is 2.04. The van der Waals surface area contributed by atoms with Crippen molar-refractivity contribution in [2.24, 2.45) is 0 Å². The van der Waals surface area contributed by atoms with Gasteiger partial charge in [-0.3, -0.25) is 14.3 Å². The highest BCUT2D eigenvalue weighted by atomic mass is 16.2. The zero-order chi connectivity index (χ0) is 16.1. The molecule has 0 bridgehead atoms. The van der Waals surface area contributed by atoms with Crippen molar-refractivity contribution in [3.8, 4) is 0 Å². The fraction of sp³-hybridized carbons (Fsp3) is 0.118. The van der Waals surface area contributed by atoms with Crippen LogP contribution >= 0.6 is 0 Å². The average Bonchev–Trinajstić information content (AvgIpc) is 2.95. The molecule has 0 unspecified atom stereocenters. The summed E-state index contributed by atoms with van der Waals surface area (Å²) in [6.45, 7) is 0.729. The second-order valence-electron chi connectivity index (χ2n) is 5.09. The Balaban J connectivity index is 1.75. The summed E-state index contributed by atoms with van der Waals surface area (Å²) in [6, 6.07) is 13.2. The third-order valence-electron chi connectivity index (χ3n) is 3.49. The van der Waals surface area contributed by atoms with E-state index in [0.717, 1.165) is 11.1 Å². The SMILES string of the molecule is O=C(NCc1ccncc1)c1c[nH]c(=O)n1Cc1ccccc1. The van der Waals surface area contributed by atoms with E-state index in [2.05, 4.69) is 15.3 Å². The number of carbonyl (C=O) groups excluding carboxylic acids is 1. The van der Waals surface area contributed by atoms with E-state index in [4.69, 9.17) is 0 Å². The molecule has 2 N–H and O–H groups in total. The van der Waals surface area contributed by atoms with E-state index in [1.54, 1.807) is 12.4 Å². The lowest BCUT2D eigenvalue weighted by Crippen LogP contribution is -2.29. The van der Waals surface area contributed by atoms with Crippen LogP contribution in [-0.2, 0) is 13.1 Å². The monoisotopic (exact) mass is 308 g/mol. The Kier molecular flexibility index (Phi) is 4.33. The van der Waals surface area contributed by atoms with E-state index in [-0.39, 0.29) is 11.6 Å². The van der Waals surface area contributed by atoms with Crippen molar-refractivity contribution < 1.29 is 4.79 Å². The molecule has 6 heteroatoms. The van der Waals surface area contributed by atoms with E-state index in [9.17, 15) is 9.59 Å². The van der Waals surface area contributed by atoms with E-state index in [1.165, 1.54) is 10.8 Å². The third-order valence-corrected chi connectivity index (χ3v) is 3.49. The molecular weight excluding hydrogens is 292 g/mol. The summed E-state index contributed by atoms with van der Waals surface area (Å²) in [6.07, 6.45) is 4.78. The summed E-state index contributed by atoms with van der Waals surface area (Å²) in [5, 5.41) is 2.81. The van der Waals surface area contributed by atoms with Gasteiger partial charge in [0.15, 0.2) is 0 Å². The molecule has 0 aliphatic carbocycles. The number of amides is 1. The van der Waals surface area contributed by atoms with Gasteiger partial charge < -0.3 is 10.3 Å². The first kappa shape index (κ1) is 14.8. The van der Waals surface area contributed by atoms with Gasteiger partial charge >= 0.3 is 5.69 Å². The van der Waals surface area contributed by atoms with Crippen molar-refractivity contribution in [1.82, 2.24) is 19.9 Å². The Bertz CT molecular complexity index is 838. The van der Waals surface area contributed by atoms with Crippen LogP contribution in [0.25, 0.3) is 0 Å². The maximum Gasteiger partial charge on any atom is 0.326 e. The smallest absolute Gasteiger partial charge is 0.326 e. The van der Waals surface area contributed by atoms with E-state index in [1.807, 2.05) is 42.5 Å². The zero-order valence-corrected chi connectivity index (χ0v) is 12.4. The number of hydrogen-bond donors (Lipinski definition) is 2. The number of carbonyl (C=O) groups is 1. The van der Waals surface area contributed by atoms with Gasteiger partial charge in [-0.2, -0.15) is 0 Å². The van der Waals surface area contributed by atoms with Gasteiger partial charge in [-0.15, -0.1) is 0 Å². The van der Waals surface area contributed by atoms with Gasteiger partial charge in [-0.25, -0.2) is 4.79 Å². The van der Waals surface area contributed by atoms with Gasteiger partial charge in [0.05, 0.1) is 6.54 Å². The number of imidazole rings is 1. The van der Waals surface area contributed by atoms with Crippen LogP contribution in [0.2, 0.25) is 0 Å². The molecule has 3 aromatic rings. The molecule has 6 nitrogen and oxygen atoms in total. The maximum absolute atomic E-state index is 12.3. The van der Waals surface area contributed by atoms with Gasteiger partial charge in [-0.05, 0) is 23.3 Å². The van der Waals surface area contributed by atoms with E-state index >= 15 is 0 Å². The van der Waals surface area contributed by atoms with E-state index in [0.29, 0.717) is 18.8 Å². The number of benzene rings is 1. The fourth-order valence-corrected chi connectivity index (χ4v) is 2.28. The normalized spacial score (nSPS) is 10.4. The maximum atomic E-state index is 12.3. The fourth-order valence-electron chi connectivity index (χ4n) is 2.28. The Morgan fingerprint density at radius 3 is 2.57 bits per heavy atom. The van der Waals surface area contributed by atoms with Crippen molar-refractivity contribution in [2.75, 3.05) is 0 Å². The minimum Gasteiger partial charge on any atom is -0.347 e. The lowest BCUT2D eigenvalue weighted by atomic mass is 10.2. The van der Waals surface area contributed by atoms with Crippen molar-refractivity contribution >= 4 is 5.91 Å². The second-order valence-corrected chi connectivity index (χ2v) is 5.09. The summed E-state index contributed by atoms with van der Waals surface area (Å²) in [5.41, 5.74) is 1.91. The number of rotatable bonds is 5. The summed E-state index contributed by atoms with van der Waals surface area (Å²) in [4.78, 5) is 30.8. The largest absolute Gasteiger partial charge is 0.347 e. The van der Waals surface area contributed by atoms with Crippen LogP contribution < -0.4 is 11.0 Å². The zero-order valence-electron chi connectivity index (χ0n) is 12.4. The number of aromatic amines is 1. The first-order valence-electron chi connectivity index (χ1n) is 7.23. The van der Waals surface area contributed by atoms with Crippen molar-refractivity contribution in [2.45, 2.75) is 13.1 Å². The first-order valence-corrected chi connectivity index (χ1v) is 7.23. The first-order chi connectivity index (χ1) is 11.2. The number of nitrogens with one attached hydrogen (secondary N) is 2. The second kappa shape index (κ2) is 6.74.